The van der Waals surface area contributed by atoms with Crippen molar-refractivity contribution in [3.05, 3.63) is 58.1 Å². The van der Waals surface area contributed by atoms with E-state index in [0.717, 1.165) is 22.4 Å². The summed E-state index contributed by atoms with van der Waals surface area (Å²) >= 11 is 6.06. The summed E-state index contributed by atoms with van der Waals surface area (Å²) in [5.41, 5.74) is 3.47. The molecule has 0 aromatic heterocycles. The van der Waals surface area contributed by atoms with E-state index in [9.17, 15) is 18.0 Å². The average molecular weight is 433 g/mol. The predicted octanol–water partition coefficient (Wildman–Crippen LogP) is 2.66. The summed E-state index contributed by atoms with van der Waals surface area (Å²) in [6, 6.07) is 10.5. The highest BCUT2D eigenvalue weighted by Crippen LogP contribution is 2.38. The van der Waals surface area contributed by atoms with E-state index in [4.69, 9.17) is 11.6 Å². The molecule has 0 unspecified atom stereocenters. The molecule has 0 spiro atoms. The third-order valence-corrected chi connectivity index (χ3v) is 7.48. The highest BCUT2D eigenvalue weighted by molar-refractivity contribution is 7.91. The molecule has 0 bridgehead atoms. The molecule has 2 aliphatic heterocycles. The molecule has 8 heteroatoms. The van der Waals surface area contributed by atoms with Crippen molar-refractivity contribution in [3.8, 4) is 0 Å². The lowest BCUT2D eigenvalue weighted by atomic mass is 10.00. The zero-order valence-corrected chi connectivity index (χ0v) is 17.4. The Balaban J connectivity index is 1.43. The van der Waals surface area contributed by atoms with E-state index in [1.165, 1.54) is 0 Å². The molecular formula is C21H21ClN2O4S. The monoisotopic (exact) mass is 432 g/mol. The second-order valence-electron chi connectivity index (χ2n) is 7.32. The third-order valence-electron chi connectivity index (χ3n) is 5.42. The van der Waals surface area contributed by atoms with Gasteiger partial charge in [-0.2, -0.15) is 0 Å². The van der Waals surface area contributed by atoms with Crippen LogP contribution in [0.4, 0.5) is 5.69 Å². The van der Waals surface area contributed by atoms with Crippen molar-refractivity contribution in [1.29, 1.82) is 0 Å². The van der Waals surface area contributed by atoms with E-state index >= 15 is 0 Å². The SMILES string of the molecule is O=C(CCS(=O)(=O)c1cc2c3c(c1)CCN3C(=O)CC2)NCc1ccccc1Cl. The molecule has 0 saturated carbocycles. The van der Waals surface area contributed by atoms with Gasteiger partial charge in [0.05, 0.1) is 16.3 Å². The summed E-state index contributed by atoms with van der Waals surface area (Å²) in [5.74, 6) is -0.503. The molecule has 6 nitrogen and oxygen atoms in total. The van der Waals surface area contributed by atoms with Crippen LogP contribution in [0.25, 0.3) is 0 Å². The van der Waals surface area contributed by atoms with Crippen molar-refractivity contribution in [2.24, 2.45) is 0 Å². The van der Waals surface area contributed by atoms with Gasteiger partial charge >= 0.3 is 0 Å². The number of hydrogen-bond acceptors (Lipinski definition) is 4. The van der Waals surface area contributed by atoms with Crippen LogP contribution in [0.3, 0.4) is 0 Å². The van der Waals surface area contributed by atoms with Gasteiger partial charge in [0.2, 0.25) is 11.8 Å². The van der Waals surface area contributed by atoms with Gasteiger partial charge in [-0.05, 0) is 47.7 Å². The van der Waals surface area contributed by atoms with Crippen molar-refractivity contribution < 1.29 is 18.0 Å². The van der Waals surface area contributed by atoms with Crippen LogP contribution in [-0.2, 0) is 38.8 Å². The minimum Gasteiger partial charge on any atom is -0.352 e. The summed E-state index contributed by atoms with van der Waals surface area (Å²) in [4.78, 5) is 26.2. The number of carbonyl (C=O) groups excluding carboxylic acids is 2. The van der Waals surface area contributed by atoms with Crippen LogP contribution in [0.5, 0.6) is 0 Å². The maximum absolute atomic E-state index is 12.8. The van der Waals surface area contributed by atoms with Gasteiger partial charge in [0, 0.05) is 31.0 Å². The van der Waals surface area contributed by atoms with Gasteiger partial charge in [0.25, 0.3) is 0 Å². The highest BCUT2D eigenvalue weighted by Gasteiger charge is 2.32. The number of anilines is 1. The Labute approximate surface area is 174 Å². The maximum Gasteiger partial charge on any atom is 0.227 e. The number of benzene rings is 2. The van der Waals surface area contributed by atoms with E-state index in [2.05, 4.69) is 5.32 Å². The lowest BCUT2D eigenvalue weighted by Crippen LogP contribution is -2.33. The van der Waals surface area contributed by atoms with Gasteiger partial charge in [0.15, 0.2) is 9.84 Å². The second-order valence-corrected chi connectivity index (χ2v) is 9.84. The van der Waals surface area contributed by atoms with E-state index in [1.807, 2.05) is 12.1 Å². The fraction of sp³-hybridized carbons (Fsp3) is 0.333. The molecule has 0 saturated heterocycles. The second kappa shape index (κ2) is 7.80. The van der Waals surface area contributed by atoms with Gasteiger partial charge in [-0.3, -0.25) is 9.59 Å². The molecule has 1 N–H and O–H groups in total. The number of halogens is 1. The normalized spacial score (nSPS) is 15.3. The Hall–Kier alpha value is -2.38. The van der Waals surface area contributed by atoms with Gasteiger partial charge in [-0.25, -0.2) is 8.42 Å². The van der Waals surface area contributed by atoms with Crippen LogP contribution in [0.2, 0.25) is 5.02 Å². The van der Waals surface area contributed by atoms with E-state index < -0.39 is 9.84 Å². The molecule has 0 aliphatic carbocycles. The number of carbonyl (C=O) groups is 2. The van der Waals surface area contributed by atoms with Crippen LogP contribution in [0.1, 0.15) is 29.5 Å². The molecule has 2 heterocycles. The lowest BCUT2D eigenvalue weighted by Gasteiger charge is -2.25. The molecule has 0 atom stereocenters. The van der Waals surface area contributed by atoms with Gasteiger partial charge in [-0.1, -0.05) is 29.8 Å². The van der Waals surface area contributed by atoms with Crippen LogP contribution >= 0.6 is 11.6 Å². The minimum absolute atomic E-state index is 0.0991. The summed E-state index contributed by atoms with van der Waals surface area (Å²) < 4.78 is 25.6. The number of amides is 2. The number of aryl methyl sites for hydroxylation is 1. The number of nitrogens with one attached hydrogen (secondary N) is 1. The maximum atomic E-state index is 12.8. The predicted molar refractivity (Wildman–Crippen MR) is 111 cm³/mol. The topological polar surface area (TPSA) is 83.6 Å². The smallest absolute Gasteiger partial charge is 0.227 e. The molecule has 0 fully saturated rings. The van der Waals surface area contributed by atoms with Crippen molar-refractivity contribution >= 4 is 38.9 Å². The number of hydrogen-bond donors (Lipinski definition) is 1. The zero-order valence-electron chi connectivity index (χ0n) is 15.8. The van der Waals surface area contributed by atoms with Crippen LogP contribution in [0.15, 0.2) is 41.3 Å². The van der Waals surface area contributed by atoms with Crippen molar-refractivity contribution in [1.82, 2.24) is 5.32 Å². The van der Waals surface area contributed by atoms with E-state index in [-0.39, 0.29) is 35.4 Å². The molecule has 2 aliphatic rings. The average Bonchev–Trinajstić information content (AvgIpc) is 3.14. The number of rotatable bonds is 6. The molecule has 152 valence electrons. The molecular weight excluding hydrogens is 412 g/mol. The van der Waals surface area contributed by atoms with Crippen molar-refractivity contribution in [2.45, 2.75) is 37.1 Å². The first-order valence-corrected chi connectivity index (χ1v) is 11.6. The minimum atomic E-state index is -3.60. The number of nitrogens with zero attached hydrogens (tertiary/aromatic N) is 1. The van der Waals surface area contributed by atoms with Crippen LogP contribution < -0.4 is 10.2 Å². The Morgan fingerprint density at radius 2 is 1.83 bits per heavy atom. The number of sulfone groups is 1. The molecule has 2 aromatic rings. The Bertz CT molecular complexity index is 1100. The Morgan fingerprint density at radius 3 is 2.59 bits per heavy atom. The first-order valence-electron chi connectivity index (χ1n) is 9.54. The molecule has 0 radical (unpaired) electrons. The summed E-state index contributed by atoms with van der Waals surface area (Å²) in [6.07, 6.45) is 1.50. The standard InChI is InChI=1S/C21H21ClN2O4S/c22-18-4-2-1-3-16(18)13-23-19(25)8-10-29(27,28)17-11-14-5-6-20(26)24-9-7-15(12-17)21(14)24/h1-4,11-12H,5-10,13H2,(H,23,25). The molecule has 2 amide bonds. The molecule has 4 rings (SSSR count). The van der Waals surface area contributed by atoms with Gasteiger partial charge in [-0.15, -0.1) is 0 Å². The Kier molecular flexibility index (Phi) is 5.36. The zero-order chi connectivity index (χ0) is 20.6. The van der Waals surface area contributed by atoms with Crippen molar-refractivity contribution in [3.63, 3.8) is 0 Å². The summed E-state index contributed by atoms with van der Waals surface area (Å²) in [6.45, 7) is 0.862. The van der Waals surface area contributed by atoms with Gasteiger partial charge in [0.1, 0.15) is 0 Å². The van der Waals surface area contributed by atoms with Crippen LogP contribution in [-0.4, -0.2) is 32.5 Å². The summed E-state index contributed by atoms with van der Waals surface area (Å²) in [7, 11) is -3.60. The van der Waals surface area contributed by atoms with Crippen LogP contribution in [0, 0.1) is 0 Å². The quantitative estimate of drug-likeness (QED) is 0.760. The fourth-order valence-electron chi connectivity index (χ4n) is 3.87. The van der Waals surface area contributed by atoms with E-state index in [0.29, 0.717) is 30.8 Å². The van der Waals surface area contributed by atoms with Gasteiger partial charge < -0.3 is 10.2 Å². The first-order chi connectivity index (χ1) is 13.8. The largest absolute Gasteiger partial charge is 0.352 e. The fourth-order valence-corrected chi connectivity index (χ4v) is 5.41. The lowest BCUT2D eigenvalue weighted by molar-refractivity contribution is -0.121. The molecule has 2 aromatic carbocycles. The highest BCUT2D eigenvalue weighted by atomic mass is 35.5. The summed E-state index contributed by atoms with van der Waals surface area (Å²) in [5, 5.41) is 3.27. The Morgan fingerprint density at radius 1 is 1.10 bits per heavy atom. The van der Waals surface area contributed by atoms with E-state index in [1.54, 1.807) is 29.2 Å². The van der Waals surface area contributed by atoms with Crippen molar-refractivity contribution in [2.75, 3.05) is 17.2 Å². The third kappa shape index (κ3) is 4.02. The molecule has 29 heavy (non-hydrogen) atoms. The first kappa shape index (κ1) is 19.9.